The van der Waals surface area contributed by atoms with Gasteiger partial charge in [-0.1, -0.05) is 19.9 Å². The SMILES string of the molecule is C=CCN(c1cc(CNC)cc(C(C)C)n1)C1CC1. The Kier molecular flexibility index (Phi) is 4.59. The Labute approximate surface area is 116 Å². The Morgan fingerprint density at radius 1 is 1.47 bits per heavy atom. The Bertz CT molecular complexity index is 436. The van der Waals surface area contributed by atoms with Crippen LogP contribution in [0.5, 0.6) is 0 Å². The van der Waals surface area contributed by atoms with Crippen molar-refractivity contribution in [1.82, 2.24) is 10.3 Å². The summed E-state index contributed by atoms with van der Waals surface area (Å²) in [6.45, 7) is 10.0. The van der Waals surface area contributed by atoms with Crippen LogP contribution in [0.15, 0.2) is 24.8 Å². The van der Waals surface area contributed by atoms with E-state index in [4.69, 9.17) is 4.98 Å². The van der Waals surface area contributed by atoms with Gasteiger partial charge in [0.15, 0.2) is 0 Å². The fourth-order valence-electron chi connectivity index (χ4n) is 2.30. The van der Waals surface area contributed by atoms with Crippen LogP contribution in [-0.2, 0) is 6.54 Å². The van der Waals surface area contributed by atoms with Gasteiger partial charge in [-0.25, -0.2) is 4.98 Å². The molecule has 1 fully saturated rings. The summed E-state index contributed by atoms with van der Waals surface area (Å²) in [5.74, 6) is 1.57. The maximum Gasteiger partial charge on any atom is 0.129 e. The summed E-state index contributed by atoms with van der Waals surface area (Å²) in [7, 11) is 1.98. The summed E-state index contributed by atoms with van der Waals surface area (Å²) in [5.41, 5.74) is 2.49. The number of rotatable bonds is 7. The number of nitrogens with one attached hydrogen (secondary N) is 1. The van der Waals surface area contributed by atoms with Crippen LogP contribution in [0.2, 0.25) is 0 Å². The molecule has 0 atom stereocenters. The van der Waals surface area contributed by atoms with Crippen molar-refractivity contribution in [2.75, 3.05) is 18.5 Å². The maximum atomic E-state index is 4.85. The number of aromatic nitrogens is 1. The molecule has 3 heteroatoms. The predicted molar refractivity (Wildman–Crippen MR) is 81.7 cm³/mol. The molecule has 1 aliphatic carbocycles. The van der Waals surface area contributed by atoms with Crippen molar-refractivity contribution in [1.29, 1.82) is 0 Å². The third-order valence-electron chi connectivity index (χ3n) is 3.47. The largest absolute Gasteiger partial charge is 0.350 e. The van der Waals surface area contributed by atoms with Crippen LogP contribution in [0.4, 0.5) is 5.82 Å². The molecule has 1 aromatic rings. The van der Waals surface area contributed by atoms with Gasteiger partial charge in [0.25, 0.3) is 0 Å². The van der Waals surface area contributed by atoms with Gasteiger partial charge in [-0.3, -0.25) is 0 Å². The molecule has 1 saturated carbocycles. The maximum absolute atomic E-state index is 4.85. The second-order valence-electron chi connectivity index (χ2n) is 5.62. The van der Waals surface area contributed by atoms with Crippen LogP contribution >= 0.6 is 0 Å². The highest BCUT2D eigenvalue weighted by molar-refractivity contribution is 5.46. The highest BCUT2D eigenvalue weighted by Crippen LogP contribution is 2.31. The predicted octanol–water partition coefficient (Wildman–Crippen LogP) is 3.08. The van der Waals surface area contributed by atoms with Gasteiger partial charge in [0.1, 0.15) is 5.82 Å². The first kappa shape index (κ1) is 14.1. The molecule has 0 spiro atoms. The molecule has 0 unspecified atom stereocenters. The zero-order chi connectivity index (χ0) is 13.8. The van der Waals surface area contributed by atoms with E-state index in [0.717, 1.165) is 18.9 Å². The Morgan fingerprint density at radius 2 is 2.21 bits per heavy atom. The van der Waals surface area contributed by atoms with Crippen LogP contribution in [0.3, 0.4) is 0 Å². The van der Waals surface area contributed by atoms with E-state index in [1.54, 1.807) is 0 Å². The Hall–Kier alpha value is -1.35. The fraction of sp³-hybridized carbons (Fsp3) is 0.562. The standard InChI is InChI=1S/C16H25N3/c1-5-8-19(14-6-7-14)16-10-13(11-17-4)9-15(18-16)12(2)3/h5,9-10,12,14,17H,1,6-8,11H2,2-4H3. The third kappa shape index (κ3) is 3.57. The van der Waals surface area contributed by atoms with Crippen LogP contribution in [-0.4, -0.2) is 24.6 Å². The molecule has 0 bridgehead atoms. The minimum atomic E-state index is 0.459. The summed E-state index contributed by atoms with van der Waals surface area (Å²) in [6.07, 6.45) is 4.53. The molecule has 2 rings (SSSR count). The molecule has 0 radical (unpaired) electrons. The van der Waals surface area contributed by atoms with Gasteiger partial charge in [0.05, 0.1) is 0 Å². The molecular weight excluding hydrogens is 234 g/mol. The van der Waals surface area contributed by atoms with Crippen molar-refractivity contribution in [3.05, 3.63) is 36.0 Å². The Balaban J connectivity index is 2.33. The lowest BCUT2D eigenvalue weighted by molar-refractivity contribution is 0.768. The first-order chi connectivity index (χ1) is 9.15. The second-order valence-corrected chi connectivity index (χ2v) is 5.62. The number of hydrogen-bond acceptors (Lipinski definition) is 3. The van der Waals surface area contributed by atoms with E-state index in [0.29, 0.717) is 12.0 Å². The van der Waals surface area contributed by atoms with E-state index in [1.165, 1.54) is 24.1 Å². The zero-order valence-electron chi connectivity index (χ0n) is 12.3. The monoisotopic (exact) mass is 259 g/mol. The fourth-order valence-corrected chi connectivity index (χ4v) is 2.30. The van der Waals surface area contributed by atoms with Crippen LogP contribution in [0.25, 0.3) is 0 Å². The van der Waals surface area contributed by atoms with Crippen LogP contribution in [0.1, 0.15) is 43.9 Å². The van der Waals surface area contributed by atoms with E-state index in [9.17, 15) is 0 Å². The first-order valence-electron chi connectivity index (χ1n) is 7.18. The number of nitrogens with zero attached hydrogens (tertiary/aromatic N) is 2. The summed E-state index contributed by atoms with van der Waals surface area (Å²) >= 11 is 0. The minimum absolute atomic E-state index is 0.459. The van der Waals surface area contributed by atoms with E-state index < -0.39 is 0 Å². The number of hydrogen-bond donors (Lipinski definition) is 1. The van der Waals surface area contributed by atoms with Gasteiger partial charge in [-0.2, -0.15) is 0 Å². The van der Waals surface area contributed by atoms with Gasteiger partial charge < -0.3 is 10.2 Å². The van der Waals surface area contributed by atoms with Crippen LogP contribution < -0.4 is 10.2 Å². The molecule has 3 nitrogen and oxygen atoms in total. The molecule has 0 aromatic carbocycles. The summed E-state index contributed by atoms with van der Waals surface area (Å²) < 4.78 is 0. The van der Waals surface area contributed by atoms with Crippen molar-refractivity contribution in [3.63, 3.8) is 0 Å². The molecule has 1 aromatic heterocycles. The smallest absolute Gasteiger partial charge is 0.129 e. The highest BCUT2D eigenvalue weighted by atomic mass is 15.2. The third-order valence-corrected chi connectivity index (χ3v) is 3.47. The molecule has 1 heterocycles. The molecular formula is C16H25N3. The quantitative estimate of drug-likeness (QED) is 0.763. The number of anilines is 1. The minimum Gasteiger partial charge on any atom is -0.350 e. The van der Waals surface area contributed by atoms with E-state index >= 15 is 0 Å². The highest BCUT2D eigenvalue weighted by Gasteiger charge is 2.29. The van der Waals surface area contributed by atoms with E-state index in [2.05, 4.69) is 42.8 Å². The second kappa shape index (κ2) is 6.20. The van der Waals surface area contributed by atoms with Crippen molar-refractivity contribution < 1.29 is 0 Å². The van der Waals surface area contributed by atoms with Crippen molar-refractivity contribution in [2.24, 2.45) is 0 Å². The van der Waals surface area contributed by atoms with Gasteiger partial charge >= 0.3 is 0 Å². The summed E-state index contributed by atoms with van der Waals surface area (Å²) in [6, 6.07) is 5.09. The van der Waals surface area contributed by atoms with Crippen molar-refractivity contribution in [2.45, 2.75) is 45.2 Å². The average Bonchev–Trinajstić information content (AvgIpc) is 3.20. The lowest BCUT2D eigenvalue weighted by Gasteiger charge is -2.24. The molecule has 0 amide bonds. The molecule has 0 aliphatic heterocycles. The van der Waals surface area contributed by atoms with Gasteiger partial charge in [-0.05, 0) is 43.5 Å². The van der Waals surface area contributed by atoms with Crippen LogP contribution in [0, 0.1) is 0 Å². The zero-order valence-corrected chi connectivity index (χ0v) is 12.3. The molecule has 104 valence electrons. The van der Waals surface area contributed by atoms with Gasteiger partial charge in [-0.15, -0.1) is 6.58 Å². The van der Waals surface area contributed by atoms with Gasteiger partial charge in [0.2, 0.25) is 0 Å². The lowest BCUT2D eigenvalue weighted by atomic mass is 10.1. The summed E-state index contributed by atoms with van der Waals surface area (Å²) in [5, 5.41) is 3.23. The van der Waals surface area contributed by atoms with Crippen molar-refractivity contribution >= 4 is 5.82 Å². The topological polar surface area (TPSA) is 28.2 Å². The lowest BCUT2D eigenvalue weighted by Crippen LogP contribution is -2.27. The van der Waals surface area contributed by atoms with Crippen molar-refractivity contribution in [3.8, 4) is 0 Å². The number of pyridine rings is 1. The molecule has 19 heavy (non-hydrogen) atoms. The van der Waals surface area contributed by atoms with Gasteiger partial charge in [0, 0.05) is 24.8 Å². The van der Waals surface area contributed by atoms with E-state index in [-0.39, 0.29) is 0 Å². The Morgan fingerprint density at radius 3 is 2.74 bits per heavy atom. The molecule has 0 saturated heterocycles. The average molecular weight is 259 g/mol. The van der Waals surface area contributed by atoms with E-state index in [1.807, 2.05) is 13.1 Å². The molecule has 1 aliphatic rings. The summed E-state index contributed by atoms with van der Waals surface area (Å²) in [4.78, 5) is 7.23. The molecule has 1 N–H and O–H groups in total. The normalized spacial score (nSPS) is 14.7. The first-order valence-corrected chi connectivity index (χ1v) is 7.18.